The second-order valence-electron chi connectivity index (χ2n) is 3.98. The first kappa shape index (κ1) is 13.1. The Balaban J connectivity index is 2.42. The molecule has 7 heteroatoms. The van der Waals surface area contributed by atoms with E-state index in [4.69, 9.17) is 15.3 Å². The van der Waals surface area contributed by atoms with Gasteiger partial charge in [0.15, 0.2) is 0 Å². The van der Waals surface area contributed by atoms with Crippen LogP contribution in [0.3, 0.4) is 0 Å². The molecule has 0 aliphatic carbocycles. The number of ether oxygens (including phenoxy) is 1. The minimum atomic E-state index is -3.72. The Labute approximate surface area is 106 Å². The maximum atomic E-state index is 12.4. The zero-order valence-corrected chi connectivity index (χ0v) is 10.9. The fourth-order valence-corrected chi connectivity index (χ4v) is 3.26. The first-order valence-electron chi connectivity index (χ1n) is 5.65. The Hall–Kier alpha value is -1.31. The predicted octanol–water partition coefficient (Wildman–Crippen LogP) is 0.993. The lowest BCUT2D eigenvalue weighted by Gasteiger charge is -2.25. The highest BCUT2D eigenvalue weighted by atomic mass is 32.2. The van der Waals surface area contributed by atoms with Gasteiger partial charge in [-0.1, -0.05) is 4.47 Å². The van der Waals surface area contributed by atoms with E-state index in [0.717, 1.165) is 17.3 Å². The van der Waals surface area contributed by atoms with Crippen LogP contribution in [0.4, 0.5) is 5.69 Å². The monoisotopic (exact) mass is 272 g/mol. The summed E-state index contributed by atoms with van der Waals surface area (Å²) in [6.45, 7) is 0.754. The SMILES string of the molecule is COc1ccc(N)cc1S(=O)(=O)N1CCCCO1. The minimum absolute atomic E-state index is 0.0342. The number of methoxy groups -OCH3 is 1. The van der Waals surface area contributed by atoms with Crippen LogP contribution in [0.15, 0.2) is 23.1 Å². The zero-order valence-electron chi connectivity index (χ0n) is 10.1. The van der Waals surface area contributed by atoms with Crippen molar-refractivity contribution in [2.75, 3.05) is 26.0 Å². The van der Waals surface area contributed by atoms with Crippen molar-refractivity contribution in [2.24, 2.45) is 0 Å². The molecule has 1 aromatic rings. The van der Waals surface area contributed by atoms with Gasteiger partial charge in [-0.25, -0.2) is 8.42 Å². The van der Waals surface area contributed by atoms with Gasteiger partial charge in [-0.05, 0) is 31.0 Å². The summed E-state index contributed by atoms with van der Waals surface area (Å²) in [5, 5.41) is 0. The van der Waals surface area contributed by atoms with Crippen molar-refractivity contribution in [1.29, 1.82) is 0 Å². The smallest absolute Gasteiger partial charge is 0.268 e. The Morgan fingerprint density at radius 1 is 1.39 bits per heavy atom. The van der Waals surface area contributed by atoms with Gasteiger partial charge >= 0.3 is 0 Å². The highest BCUT2D eigenvalue weighted by molar-refractivity contribution is 7.89. The van der Waals surface area contributed by atoms with Gasteiger partial charge in [0.05, 0.1) is 13.7 Å². The highest BCUT2D eigenvalue weighted by Crippen LogP contribution is 2.29. The number of anilines is 1. The first-order chi connectivity index (χ1) is 8.55. The van der Waals surface area contributed by atoms with E-state index in [2.05, 4.69) is 0 Å². The van der Waals surface area contributed by atoms with E-state index in [1.807, 2.05) is 0 Å². The van der Waals surface area contributed by atoms with E-state index in [0.29, 0.717) is 18.8 Å². The van der Waals surface area contributed by atoms with Gasteiger partial charge in [-0.3, -0.25) is 4.84 Å². The summed E-state index contributed by atoms with van der Waals surface area (Å²) in [5.74, 6) is 0.262. The van der Waals surface area contributed by atoms with E-state index in [9.17, 15) is 8.42 Å². The summed E-state index contributed by atoms with van der Waals surface area (Å²) in [6, 6.07) is 4.51. The number of rotatable bonds is 3. The van der Waals surface area contributed by atoms with Crippen molar-refractivity contribution in [3.05, 3.63) is 18.2 Å². The zero-order chi connectivity index (χ0) is 13.2. The van der Waals surface area contributed by atoms with Crippen molar-refractivity contribution in [3.63, 3.8) is 0 Å². The van der Waals surface area contributed by atoms with Gasteiger partial charge < -0.3 is 10.5 Å². The number of hydrogen-bond donors (Lipinski definition) is 1. The van der Waals surface area contributed by atoms with Crippen LogP contribution in [0, 0.1) is 0 Å². The fraction of sp³-hybridized carbons (Fsp3) is 0.455. The van der Waals surface area contributed by atoms with E-state index in [1.54, 1.807) is 6.07 Å². The number of nitrogen functional groups attached to an aromatic ring is 1. The number of sulfonamides is 1. The Kier molecular flexibility index (Phi) is 3.74. The molecule has 1 fully saturated rings. The number of hydroxylamine groups is 1. The highest BCUT2D eigenvalue weighted by Gasteiger charge is 2.30. The Morgan fingerprint density at radius 2 is 2.17 bits per heavy atom. The van der Waals surface area contributed by atoms with Gasteiger partial charge in [0.25, 0.3) is 10.0 Å². The minimum Gasteiger partial charge on any atom is -0.495 e. The maximum absolute atomic E-state index is 12.4. The molecule has 1 saturated heterocycles. The standard InChI is InChI=1S/C11H16N2O4S/c1-16-10-5-4-9(12)8-11(10)18(14,15)13-6-2-3-7-17-13/h4-5,8H,2-3,6-7,12H2,1H3. The number of hydrogen-bond acceptors (Lipinski definition) is 5. The molecule has 0 bridgehead atoms. The third-order valence-corrected chi connectivity index (χ3v) is 4.40. The molecule has 1 aliphatic heterocycles. The van der Waals surface area contributed by atoms with Gasteiger partial charge in [0.1, 0.15) is 10.6 Å². The molecule has 1 aromatic carbocycles. The van der Waals surface area contributed by atoms with E-state index in [-0.39, 0.29) is 10.6 Å². The summed E-state index contributed by atoms with van der Waals surface area (Å²) < 4.78 is 30.8. The second kappa shape index (κ2) is 5.13. The molecule has 100 valence electrons. The van der Waals surface area contributed by atoms with Crippen LogP contribution in [0.5, 0.6) is 5.75 Å². The molecule has 0 radical (unpaired) electrons. The summed E-state index contributed by atoms with van der Waals surface area (Å²) in [7, 11) is -2.30. The van der Waals surface area contributed by atoms with Gasteiger partial charge in [-0.2, -0.15) is 0 Å². The van der Waals surface area contributed by atoms with Crippen LogP contribution in [-0.4, -0.2) is 33.1 Å². The summed E-state index contributed by atoms with van der Waals surface area (Å²) in [5.41, 5.74) is 6.00. The third kappa shape index (κ3) is 2.43. The Morgan fingerprint density at radius 3 is 2.78 bits per heavy atom. The van der Waals surface area contributed by atoms with Crippen LogP contribution in [-0.2, 0) is 14.9 Å². The molecular formula is C11H16N2O4S. The quantitative estimate of drug-likeness (QED) is 0.830. The topological polar surface area (TPSA) is 81.9 Å². The van der Waals surface area contributed by atoms with Gasteiger partial charge in [-0.15, -0.1) is 0 Å². The molecule has 0 spiro atoms. The lowest BCUT2D eigenvalue weighted by Crippen LogP contribution is -2.35. The normalized spacial score (nSPS) is 17.6. The Bertz CT molecular complexity index is 524. The number of nitrogens with two attached hydrogens (primary N) is 1. The molecule has 1 heterocycles. The fourth-order valence-electron chi connectivity index (χ4n) is 1.77. The van der Waals surface area contributed by atoms with Gasteiger partial charge in [0, 0.05) is 12.2 Å². The van der Waals surface area contributed by atoms with Crippen LogP contribution in [0.25, 0.3) is 0 Å². The van der Waals surface area contributed by atoms with E-state index >= 15 is 0 Å². The average molecular weight is 272 g/mol. The first-order valence-corrected chi connectivity index (χ1v) is 7.09. The van der Waals surface area contributed by atoms with Crippen molar-refractivity contribution in [3.8, 4) is 5.75 Å². The van der Waals surface area contributed by atoms with Crippen LogP contribution in [0.2, 0.25) is 0 Å². The van der Waals surface area contributed by atoms with Crippen molar-refractivity contribution in [1.82, 2.24) is 4.47 Å². The van der Waals surface area contributed by atoms with E-state index < -0.39 is 10.0 Å². The molecule has 0 aromatic heterocycles. The predicted molar refractivity (Wildman–Crippen MR) is 66.5 cm³/mol. The molecular weight excluding hydrogens is 256 g/mol. The number of nitrogens with zero attached hydrogens (tertiary/aromatic N) is 1. The number of benzene rings is 1. The van der Waals surface area contributed by atoms with Crippen molar-refractivity contribution >= 4 is 15.7 Å². The van der Waals surface area contributed by atoms with Gasteiger partial charge in [0.2, 0.25) is 0 Å². The molecule has 0 unspecified atom stereocenters. The second-order valence-corrected chi connectivity index (χ2v) is 5.78. The molecule has 2 N–H and O–H groups in total. The molecule has 0 atom stereocenters. The molecule has 0 amide bonds. The molecule has 2 rings (SSSR count). The molecule has 6 nitrogen and oxygen atoms in total. The maximum Gasteiger partial charge on any atom is 0.268 e. The van der Waals surface area contributed by atoms with Crippen LogP contribution in [0.1, 0.15) is 12.8 Å². The third-order valence-electron chi connectivity index (χ3n) is 2.70. The molecule has 0 saturated carbocycles. The lowest BCUT2D eigenvalue weighted by atomic mass is 10.3. The summed E-state index contributed by atoms with van der Waals surface area (Å²) in [6.07, 6.45) is 1.64. The molecule has 1 aliphatic rings. The largest absolute Gasteiger partial charge is 0.495 e. The van der Waals surface area contributed by atoms with Crippen molar-refractivity contribution < 1.29 is 18.0 Å². The summed E-state index contributed by atoms with van der Waals surface area (Å²) >= 11 is 0. The molecule has 18 heavy (non-hydrogen) atoms. The van der Waals surface area contributed by atoms with Crippen molar-refractivity contribution in [2.45, 2.75) is 17.7 Å². The lowest BCUT2D eigenvalue weighted by molar-refractivity contribution is -0.108. The summed E-state index contributed by atoms with van der Waals surface area (Å²) in [4.78, 5) is 5.22. The van der Waals surface area contributed by atoms with Crippen LogP contribution < -0.4 is 10.5 Å². The van der Waals surface area contributed by atoms with Crippen LogP contribution >= 0.6 is 0 Å². The average Bonchev–Trinajstić information content (AvgIpc) is 2.39. The van der Waals surface area contributed by atoms with E-state index in [1.165, 1.54) is 19.2 Å².